The van der Waals surface area contributed by atoms with E-state index in [4.69, 9.17) is 9.47 Å². The summed E-state index contributed by atoms with van der Waals surface area (Å²) in [5.41, 5.74) is 1.60. The first kappa shape index (κ1) is 16.3. The van der Waals surface area contributed by atoms with Crippen molar-refractivity contribution < 1.29 is 9.47 Å². The number of methoxy groups -OCH3 is 2. The summed E-state index contributed by atoms with van der Waals surface area (Å²) in [6.45, 7) is 0. The molecule has 0 spiro atoms. The first-order valence-electron chi connectivity index (χ1n) is 7.88. The van der Waals surface area contributed by atoms with Crippen molar-refractivity contribution in [3.63, 3.8) is 0 Å². The molecule has 0 aliphatic carbocycles. The summed E-state index contributed by atoms with van der Waals surface area (Å²) in [6.07, 6.45) is 1.85. The van der Waals surface area contributed by atoms with Gasteiger partial charge in [-0.3, -0.25) is 4.79 Å². The van der Waals surface area contributed by atoms with Crippen LogP contribution in [0.15, 0.2) is 53.3 Å². The standard InChI is InChI=1S/C19H15N3O3S/c1-24-14-7-3-12(4-8-14)11-16-18(23)22-17(20-21-19(22)26-16)13-5-9-15(25-2)10-6-13/h3-11H,1-2H3/b16-11+. The second kappa shape index (κ2) is 6.61. The second-order valence-electron chi connectivity index (χ2n) is 5.56. The van der Waals surface area contributed by atoms with E-state index in [-0.39, 0.29) is 5.56 Å². The van der Waals surface area contributed by atoms with Crippen molar-refractivity contribution in [2.45, 2.75) is 0 Å². The van der Waals surface area contributed by atoms with Gasteiger partial charge in [0.15, 0.2) is 5.82 Å². The van der Waals surface area contributed by atoms with Crippen molar-refractivity contribution in [3.05, 3.63) is 69.0 Å². The molecular formula is C19H15N3O3S. The Morgan fingerprint density at radius 3 is 2.15 bits per heavy atom. The third-order valence-electron chi connectivity index (χ3n) is 4.01. The van der Waals surface area contributed by atoms with E-state index < -0.39 is 0 Å². The first-order valence-corrected chi connectivity index (χ1v) is 8.69. The normalized spacial score (nSPS) is 11.8. The number of ether oxygens (including phenoxy) is 2. The van der Waals surface area contributed by atoms with Gasteiger partial charge in [-0.25, -0.2) is 4.40 Å². The molecule has 0 radical (unpaired) electrons. The first-order chi connectivity index (χ1) is 12.7. The lowest BCUT2D eigenvalue weighted by atomic mass is 10.2. The van der Waals surface area contributed by atoms with Gasteiger partial charge in [0.25, 0.3) is 5.56 Å². The van der Waals surface area contributed by atoms with Crippen LogP contribution in [0.4, 0.5) is 0 Å². The fraction of sp³-hybridized carbons (Fsp3) is 0.105. The number of fused-ring (bicyclic) bond motifs is 1. The van der Waals surface area contributed by atoms with Crippen LogP contribution in [0.1, 0.15) is 5.56 Å². The highest BCUT2D eigenvalue weighted by atomic mass is 32.1. The molecule has 4 rings (SSSR count). The molecular weight excluding hydrogens is 350 g/mol. The van der Waals surface area contributed by atoms with Crippen LogP contribution in [-0.2, 0) is 0 Å². The van der Waals surface area contributed by atoms with Gasteiger partial charge in [-0.2, -0.15) is 0 Å². The molecule has 2 aromatic heterocycles. The molecule has 0 fully saturated rings. The number of hydrogen-bond donors (Lipinski definition) is 0. The van der Waals surface area contributed by atoms with Gasteiger partial charge in [-0.15, -0.1) is 10.2 Å². The van der Waals surface area contributed by atoms with Crippen LogP contribution < -0.4 is 19.6 Å². The van der Waals surface area contributed by atoms with Gasteiger partial charge in [-0.05, 0) is 48.0 Å². The Hall–Kier alpha value is -3.19. The monoisotopic (exact) mass is 365 g/mol. The van der Waals surface area contributed by atoms with E-state index in [9.17, 15) is 4.79 Å². The summed E-state index contributed by atoms with van der Waals surface area (Å²) >= 11 is 1.32. The third-order valence-corrected chi connectivity index (χ3v) is 4.97. The van der Waals surface area contributed by atoms with Crippen LogP contribution >= 0.6 is 11.3 Å². The summed E-state index contributed by atoms with van der Waals surface area (Å²) in [5, 5.41) is 8.31. The molecule has 130 valence electrons. The van der Waals surface area contributed by atoms with Crippen molar-refractivity contribution in [3.8, 4) is 22.9 Å². The van der Waals surface area contributed by atoms with Gasteiger partial charge in [0.05, 0.1) is 18.8 Å². The van der Waals surface area contributed by atoms with Crippen LogP contribution in [0.5, 0.6) is 11.5 Å². The van der Waals surface area contributed by atoms with E-state index in [2.05, 4.69) is 10.2 Å². The fourth-order valence-electron chi connectivity index (χ4n) is 2.64. The molecule has 0 bridgehead atoms. The lowest BCUT2D eigenvalue weighted by molar-refractivity contribution is 0.414. The lowest BCUT2D eigenvalue weighted by Gasteiger charge is -2.00. The van der Waals surface area contributed by atoms with Crippen molar-refractivity contribution in [2.24, 2.45) is 0 Å². The van der Waals surface area contributed by atoms with Gasteiger partial charge >= 0.3 is 0 Å². The summed E-state index contributed by atoms with van der Waals surface area (Å²) in [4.78, 5) is 13.4. The number of hydrogen-bond acceptors (Lipinski definition) is 6. The minimum atomic E-state index is -0.128. The van der Waals surface area contributed by atoms with E-state index in [1.165, 1.54) is 11.3 Å². The van der Waals surface area contributed by atoms with E-state index in [1.54, 1.807) is 18.6 Å². The second-order valence-corrected chi connectivity index (χ2v) is 6.57. The Bertz CT molecular complexity index is 1160. The highest BCUT2D eigenvalue weighted by Crippen LogP contribution is 2.21. The zero-order valence-corrected chi connectivity index (χ0v) is 15.0. The maximum absolute atomic E-state index is 12.8. The molecule has 0 unspecified atom stereocenters. The SMILES string of the molecule is COc1ccc(/C=c2/sc3nnc(-c4ccc(OC)cc4)n3c2=O)cc1. The van der Waals surface area contributed by atoms with Crippen LogP contribution in [-0.4, -0.2) is 28.8 Å². The summed E-state index contributed by atoms with van der Waals surface area (Å²) in [6, 6.07) is 14.9. The molecule has 0 atom stereocenters. The largest absolute Gasteiger partial charge is 0.497 e. The van der Waals surface area contributed by atoms with E-state index in [1.807, 2.05) is 54.6 Å². The molecule has 6 nitrogen and oxygen atoms in total. The topological polar surface area (TPSA) is 65.7 Å². The van der Waals surface area contributed by atoms with Crippen LogP contribution in [0.2, 0.25) is 0 Å². The predicted octanol–water partition coefficient (Wildman–Crippen LogP) is 2.38. The van der Waals surface area contributed by atoms with Gasteiger partial charge in [-0.1, -0.05) is 23.5 Å². The van der Waals surface area contributed by atoms with Crippen molar-refractivity contribution >= 4 is 22.4 Å². The Balaban J connectivity index is 1.81. The van der Waals surface area contributed by atoms with Gasteiger partial charge < -0.3 is 9.47 Å². The average molecular weight is 365 g/mol. The highest BCUT2D eigenvalue weighted by Gasteiger charge is 2.14. The highest BCUT2D eigenvalue weighted by molar-refractivity contribution is 7.15. The maximum Gasteiger partial charge on any atom is 0.276 e. The zero-order chi connectivity index (χ0) is 18.1. The van der Waals surface area contributed by atoms with Gasteiger partial charge in [0.1, 0.15) is 11.5 Å². The molecule has 2 aromatic carbocycles. The molecule has 0 aliphatic heterocycles. The maximum atomic E-state index is 12.8. The Labute approximate surface area is 153 Å². The van der Waals surface area contributed by atoms with Gasteiger partial charge in [0, 0.05) is 5.56 Å². The number of thiazole rings is 1. The van der Waals surface area contributed by atoms with Crippen LogP contribution in [0, 0.1) is 0 Å². The molecule has 4 aromatic rings. The van der Waals surface area contributed by atoms with Crippen LogP contribution in [0.3, 0.4) is 0 Å². The third kappa shape index (κ3) is 2.82. The summed E-state index contributed by atoms with van der Waals surface area (Å²) in [7, 11) is 3.23. The molecule has 0 N–H and O–H groups in total. The number of benzene rings is 2. The van der Waals surface area contributed by atoms with Crippen molar-refractivity contribution in [1.29, 1.82) is 0 Å². The summed E-state index contributed by atoms with van der Waals surface area (Å²) in [5.74, 6) is 2.05. The fourth-order valence-corrected chi connectivity index (χ4v) is 3.55. The minimum absolute atomic E-state index is 0.128. The van der Waals surface area contributed by atoms with Crippen LogP contribution in [0.25, 0.3) is 22.4 Å². The molecule has 0 amide bonds. The number of rotatable bonds is 4. The molecule has 0 saturated carbocycles. The molecule has 7 heteroatoms. The molecule has 0 aliphatic rings. The van der Waals surface area contributed by atoms with E-state index in [0.717, 1.165) is 22.6 Å². The van der Waals surface area contributed by atoms with E-state index >= 15 is 0 Å². The molecule has 26 heavy (non-hydrogen) atoms. The zero-order valence-electron chi connectivity index (χ0n) is 14.2. The quantitative estimate of drug-likeness (QED) is 0.556. The predicted molar refractivity (Wildman–Crippen MR) is 101 cm³/mol. The average Bonchev–Trinajstić information content (AvgIpc) is 3.23. The Morgan fingerprint density at radius 1 is 0.923 bits per heavy atom. The van der Waals surface area contributed by atoms with Crippen molar-refractivity contribution in [1.82, 2.24) is 14.6 Å². The molecule has 2 heterocycles. The Kier molecular flexibility index (Phi) is 4.14. The summed E-state index contributed by atoms with van der Waals surface area (Å²) < 4.78 is 12.5. The lowest BCUT2D eigenvalue weighted by Crippen LogP contribution is -2.23. The van der Waals surface area contributed by atoms with Gasteiger partial charge in [0.2, 0.25) is 4.96 Å². The molecule has 0 saturated heterocycles. The smallest absolute Gasteiger partial charge is 0.276 e. The van der Waals surface area contributed by atoms with Crippen molar-refractivity contribution in [2.75, 3.05) is 14.2 Å². The minimum Gasteiger partial charge on any atom is -0.497 e. The number of aromatic nitrogens is 3. The number of nitrogens with zero attached hydrogens (tertiary/aromatic N) is 3. The Morgan fingerprint density at radius 2 is 1.54 bits per heavy atom. The van der Waals surface area contributed by atoms with E-state index in [0.29, 0.717) is 15.3 Å².